The van der Waals surface area contributed by atoms with Crippen LogP contribution in [0.5, 0.6) is 0 Å². The van der Waals surface area contributed by atoms with Gasteiger partial charge in [0.25, 0.3) is 0 Å². The predicted octanol–water partition coefficient (Wildman–Crippen LogP) is 25.9. The van der Waals surface area contributed by atoms with Crippen LogP contribution in [0, 0.1) is 0 Å². The number of hydrogen-bond acceptors (Lipinski definition) is 6. The molecule has 1 atom stereocenters. The number of esters is 3. The maximum atomic E-state index is 12.9. The molecule has 0 N–H and O–H groups in total. The Balaban J connectivity index is 4.05. The molecule has 0 fully saturated rings. The van der Waals surface area contributed by atoms with Crippen molar-refractivity contribution >= 4 is 17.9 Å². The molecule has 0 saturated carbocycles. The highest BCUT2D eigenvalue weighted by atomic mass is 16.6. The molecule has 6 heteroatoms. The van der Waals surface area contributed by atoms with Crippen LogP contribution < -0.4 is 0 Å². The van der Waals surface area contributed by atoms with Crippen molar-refractivity contribution in [1.29, 1.82) is 0 Å². The van der Waals surface area contributed by atoms with Crippen LogP contribution in [0.25, 0.3) is 0 Å². The molecule has 0 spiro atoms. The summed E-state index contributed by atoms with van der Waals surface area (Å²) in [6.07, 6.45) is 90.6. The highest BCUT2D eigenvalue weighted by Gasteiger charge is 2.20. The van der Waals surface area contributed by atoms with Crippen molar-refractivity contribution < 1.29 is 28.6 Å². The van der Waals surface area contributed by atoms with E-state index in [-0.39, 0.29) is 31.1 Å². The van der Waals surface area contributed by atoms with E-state index < -0.39 is 6.10 Å². The van der Waals surface area contributed by atoms with E-state index in [0.717, 1.165) is 70.6 Å². The van der Waals surface area contributed by atoms with Crippen LogP contribution in [0.15, 0.2) is 36.5 Å². The second kappa shape index (κ2) is 72.1. The van der Waals surface area contributed by atoms with Crippen molar-refractivity contribution in [3.05, 3.63) is 36.5 Å². The molecule has 0 heterocycles. The van der Waals surface area contributed by atoms with Gasteiger partial charge in [-0.05, 0) is 77.0 Å². The maximum Gasteiger partial charge on any atom is 0.306 e. The van der Waals surface area contributed by atoms with E-state index in [0.29, 0.717) is 19.3 Å². The highest BCUT2D eigenvalue weighted by Crippen LogP contribution is 2.19. The van der Waals surface area contributed by atoms with Gasteiger partial charge in [-0.1, -0.05) is 359 Å². The molecule has 6 nitrogen and oxygen atoms in total. The maximum absolute atomic E-state index is 12.9. The molecule has 488 valence electrons. The van der Waals surface area contributed by atoms with Gasteiger partial charge in [-0.25, -0.2) is 0 Å². The first kappa shape index (κ1) is 80.6. The summed E-state index contributed by atoms with van der Waals surface area (Å²) >= 11 is 0. The first-order valence-electron chi connectivity index (χ1n) is 37.5. The first-order chi connectivity index (χ1) is 41.0. The SMILES string of the molecule is CCCCC/C=C\CCCCCCCC(=O)OCC(COC(=O)CCCCCCCCCCCCCCCCCCCCCCCCC/C=C\C/C=C\CCCCCCC)OC(=O)CCCCCCCCCCCCCCCCCCCC. The van der Waals surface area contributed by atoms with E-state index in [1.165, 1.54) is 308 Å². The molecular weight excluding hydrogens is 1020 g/mol. The molecule has 0 bridgehead atoms. The second-order valence-corrected chi connectivity index (χ2v) is 25.6. The summed E-state index contributed by atoms with van der Waals surface area (Å²) in [4.78, 5) is 38.4. The third-order valence-electron chi connectivity index (χ3n) is 17.1. The average Bonchev–Trinajstić information content (AvgIpc) is 3.49. The highest BCUT2D eigenvalue weighted by molar-refractivity contribution is 5.71. The Bertz CT molecular complexity index is 1380. The van der Waals surface area contributed by atoms with Crippen LogP contribution in [-0.4, -0.2) is 37.2 Å². The molecule has 0 aromatic carbocycles. The van der Waals surface area contributed by atoms with Crippen molar-refractivity contribution in [2.24, 2.45) is 0 Å². The molecule has 0 aliphatic heterocycles. The van der Waals surface area contributed by atoms with Crippen LogP contribution in [0.4, 0.5) is 0 Å². The van der Waals surface area contributed by atoms with E-state index in [1.54, 1.807) is 0 Å². The molecule has 0 rings (SSSR count). The van der Waals surface area contributed by atoms with Gasteiger partial charge in [-0.15, -0.1) is 0 Å². The Morgan fingerprint density at radius 1 is 0.241 bits per heavy atom. The van der Waals surface area contributed by atoms with E-state index in [4.69, 9.17) is 14.2 Å². The number of allylic oxidation sites excluding steroid dienone is 6. The van der Waals surface area contributed by atoms with Crippen LogP contribution in [0.2, 0.25) is 0 Å². The summed E-state index contributed by atoms with van der Waals surface area (Å²) in [6.45, 7) is 6.67. The second-order valence-electron chi connectivity index (χ2n) is 25.6. The lowest BCUT2D eigenvalue weighted by atomic mass is 10.0. The zero-order valence-corrected chi connectivity index (χ0v) is 56.2. The monoisotopic (exact) mass is 1170 g/mol. The third-order valence-corrected chi connectivity index (χ3v) is 17.1. The van der Waals surface area contributed by atoms with E-state index in [1.807, 2.05) is 0 Å². The van der Waals surface area contributed by atoms with Gasteiger partial charge in [-0.3, -0.25) is 14.4 Å². The number of unbranched alkanes of at least 4 members (excludes halogenated alkanes) is 53. The molecule has 1 unspecified atom stereocenters. The van der Waals surface area contributed by atoms with Crippen LogP contribution in [-0.2, 0) is 28.6 Å². The minimum Gasteiger partial charge on any atom is -0.462 e. The number of ether oxygens (including phenoxy) is 3. The normalized spacial score (nSPS) is 12.2. The van der Waals surface area contributed by atoms with E-state index in [9.17, 15) is 14.4 Å². The summed E-state index contributed by atoms with van der Waals surface area (Å²) in [5.41, 5.74) is 0. The fourth-order valence-electron chi connectivity index (χ4n) is 11.5. The molecule has 0 aliphatic carbocycles. The zero-order chi connectivity index (χ0) is 59.9. The Kier molecular flexibility index (Phi) is 70.0. The fraction of sp³-hybridized carbons (Fsp3) is 0.883. The van der Waals surface area contributed by atoms with Gasteiger partial charge in [0.2, 0.25) is 0 Å². The summed E-state index contributed by atoms with van der Waals surface area (Å²) < 4.78 is 17.0. The van der Waals surface area contributed by atoms with Gasteiger partial charge in [0.1, 0.15) is 13.2 Å². The molecular formula is C77H144O6. The third kappa shape index (κ3) is 70.3. The Morgan fingerprint density at radius 2 is 0.434 bits per heavy atom. The molecule has 0 amide bonds. The number of carbonyl (C=O) groups is 3. The standard InChI is InChI=1S/C77H144O6/c1-4-7-10-13-16-19-22-25-27-29-31-32-33-34-35-36-37-38-39-40-41-42-43-44-45-46-47-49-50-52-55-58-61-64-67-70-76(79)82-73-74(72-81-75(78)69-66-63-60-57-54-24-21-18-15-12-9-6-3)83-77(80)71-68-65-62-59-56-53-51-48-30-28-26-23-20-17-14-11-8-5-2/h18,21-22,25,29,31,74H,4-17,19-20,23-24,26-28,30,32-73H2,1-3H3/b21-18-,25-22-,31-29-. The lowest BCUT2D eigenvalue weighted by molar-refractivity contribution is -0.167. The summed E-state index contributed by atoms with van der Waals surface area (Å²) in [5, 5.41) is 0. The molecule has 0 radical (unpaired) electrons. The smallest absolute Gasteiger partial charge is 0.306 e. The van der Waals surface area contributed by atoms with Gasteiger partial charge >= 0.3 is 17.9 Å². The largest absolute Gasteiger partial charge is 0.462 e. The average molecular weight is 1170 g/mol. The first-order valence-corrected chi connectivity index (χ1v) is 37.5. The number of hydrogen-bond donors (Lipinski definition) is 0. The minimum absolute atomic E-state index is 0.0679. The topological polar surface area (TPSA) is 78.9 Å². The Labute approximate surface area is 518 Å². The van der Waals surface area contributed by atoms with Gasteiger partial charge < -0.3 is 14.2 Å². The zero-order valence-electron chi connectivity index (χ0n) is 56.2. The van der Waals surface area contributed by atoms with Crippen molar-refractivity contribution in [1.82, 2.24) is 0 Å². The van der Waals surface area contributed by atoms with Crippen molar-refractivity contribution in [3.8, 4) is 0 Å². The molecule has 0 aromatic rings. The minimum atomic E-state index is -0.772. The summed E-state index contributed by atoms with van der Waals surface area (Å²) in [6, 6.07) is 0. The van der Waals surface area contributed by atoms with Crippen molar-refractivity contribution in [2.45, 2.75) is 425 Å². The quantitative estimate of drug-likeness (QED) is 0.0261. The van der Waals surface area contributed by atoms with Gasteiger partial charge in [0.15, 0.2) is 6.10 Å². The van der Waals surface area contributed by atoms with Gasteiger partial charge in [0, 0.05) is 19.3 Å². The van der Waals surface area contributed by atoms with E-state index >= 15 is 0 Å². The fourth-order valence-corrected chi connectivity index (χ4v) is 11.5. The van der Waals surface area contributed by atoms with Gasteiger partial charge in [0.05, 0.1) is 0 Å². The van der Waals surface area contributed by atoms with E-state index in [2.05, 4.69) is 57.2 Å². The van der Waals surface area contributed by atoms with Crippen LogP contribution in [0.1, 0.15) is 419 Å². The summed E-state index contributed by atoms with van der Waals surface area (Å²) in [7, 11) is 0. The van der Waals surface area contributed by atoms with Crippen molar-refractivity contribution in [2.75, 3.05) is 13.2 Å². The molecule has 0 aliphatic rings. The Hall–Kier alpha value is -2.37. The van der Waals surface area contributed by atoms with Crippen molar-refractivity contribution in [3.63, 3.8) is 0 Å². The van der Waals surface area contributed by atoms with Gasteiger partial charge in [-0.2, -0.15) is 0 Å². The summed E-state index contributed by atoms with van der Waals surface area (Å²) in [5.74, 6) is -0.846. The van der Waals surface area contributed by atoms with Crippen LogP contribution in [0.3, 0.4) is 0 Å². The Morgan fingerprint density at radius 3 is 0.699 bits per heavy atom. The van der Waals surface area contributed by atoms with Crippen LogP contribution >= 0.6 is 0 Å². The lowest BCUT2D eigenvalue weighted by Crippen LogP contribution is -2.30. The molecule has 0 aromatic heterocycles. The molecule has 83 heavy (non-hydrogen) atoms. The lowest BCUT2D eigenvalue weighted by Gasteiger charge is -2.18. The predicted molar refractivity (Wildman–Crippen MR) is 362 cm³/mol. The number of rotatable bonds is 70. The number of carbonyl (C=O) groups excluding carboxylic acids is 3. The molecule has 0 saturated heterocycles.